The minimum absolute atomic E-state index is 0.579. The van der Waals surface area contributed by atoms with Crippen LogP contribution in [0, 0.1) is 0 Å². The minimum atomic E-state index is 0.579. The summed E-state index contributed by atoms with van der Waals surface area (Å²) < 4.78 is 12.4. The molecular formula is C21H26N4O2. The van der Waals surface area contributed by atoms with Crippen LogP contribution in [0.2, 0.25) is 0 Å². The lowest BCUT2D eigenvalue weighted by molar-refractivity contribution is 0.184. The molecule has 6 heteroatoms. The molecular weight excluding hydrogens is 340 g/mol. The van der Waals surface area contributed by atoms with Crippen molar-refractivity contribution in [3.63, 3.8) is 0 Å². The Labute approximate surface area is 160 Å². The van der Waals surface area contributed by atoms with Crippen molar-refractivity contribution in [3.05, 3.63) is 54.1 Å². The van der Waals surface area contributed by atoms with Gasteiger partial charge in [0.2, 0.25) is 0 Å². The summed E-state index contributed by atoms with van der Waals surface area (Å²) in [7, 11) is 7.48. The molecule has 0 aliphatic carbocycles. The first kappa shape index (κ1) is 19.1. The largest absolute Gasteiger partial charge is 0.497 e. The Morgan fingerprint density at radius 1 is 1.00 bits per heavy atom. The molecule has 2 aromatic carbocycles. The third-order valence-corrected chi connectivity index (χ3v) is 4.21. The van der Waals surface area contributed by atoms with Crippen LogP contribution in [0.15, 0.2) is 48.5 Å². The van der Waals surface area contributed by atoms with Gasteiger partial charge in [0.15, 0.2) is 11.6 Å². The highest BCUT2D eigenvalue weighted by Gasteiger charge is 2.14. The van der Waals surface area contributed by atoms with Gasteiger partial charge in [-0.25, -0.2) is 9.67 Å². The first-order chi connectivity index (χ1) is 13.1. The standard InChI is InChI=1S/C21H26N4O2/c1-24(2)15-16-6-5-7-18(14-16)21-22-20(23-25(21)12-13-26-3)17-8-10-19(27-4)11-9-17/h5-11,14H,12-13,15H2,1-4H3. The summed E-state index contributed by atoms with van der Waals surface area (Å²) in [6.45, 7) is 2.11. The van der Waals surface area contributed by atoms with Gasteiger partial charge in [-0.15, -0.1) is 0 Å². The third-order valence-electron chi connectivity index (χ3n) is 4.21. The molecule has 1 heterocycles. The van der Waals surface area contributed by atoms with Crippen molar-refractivity contribution in [1.82, 2.24) is 19.7 Å². The fraction of sp³-hybridized carbons (Fsp3) is 0.333. The highest BCUT2D eigenvalue weighted by molar-refractivity contribution is 5.62. The Hall–Kier alpha value is -2.70. The van der Waals surface area contributed by atoms with E-state index in [1.807, 2.05) is 28.9 Å². The highest BCUT2D eigenvalue weighted by Crippen LogP contribution is 2.25. The van der Waals surface area contributed by atoms with E-state index in [1.54, 1.807) is 14.2 Å². The van der Waals surface area contributed by atoms with Crippen LogP contribution in [-0.4, -0.2) is 54.6 Å². The molecule has 3 aromatic rings. The molecule has 142 valence electrons. The summed E-state index contributed by atoms with van der Waals surface area (Å²) >= 11 is 0. The molecule has 6 nitrogen and oxygen atoms in total. The van der Waals surface area contributed by atoms with Gasteiger partial charge in [-0.2, -0.15) is 5.10 Å². The number of rotatable bonds is 8. The Morgan fingerprint density at radius 3 is 2.44 bits per heavy atom. The molecule has 0 atom stereocenters. The Bertz CT molecular complexity index is 872. The highest BCUT2D eigenvalue weighted by atomic mass is 16.5. The Kier molecular flexibility index (Phi) is 6.21. The normalized spacial score (nSPS) is 11.1. The number of aromatic nitrogens is 3. The lowest BCUT2D eigenvalue weighted by Gasteiger charge is -2.11. The summed E-state index contributed by atoms with van der Waals surface area (Å²) in [5.41, 5.74) is 3.25. The molecule has 0 aliphatic rings. The molecule has 0 saturated carbocycles. The fourth-order valence-corrected chi connectivity index (χ4v) is 2.93. The van der Waals surface area contributed by atoms with E-state index < -0.39 is 0 Å². The summed E-state index contributed by atoms with van der Waals surface area (Å²) in [4.78, 5) is 6.97. The molecule has 0 radical (unpaired) electrons. The maximum atomic E-state index is 5.25. The van der Waals surface area contributed by atoms with E-state index in [2.05, 4.69) is 43.3 Å². The first-order valence-corrected chi connectivity index (χ1v) is 8.93. The van der Waals surface area contributed by atoms with Gasteiger partial charge in [-0.3, -0.25) is 0 Å². The van der Waals surface area contributed by atoms with Crippen LogP contribution >= 0.6 is 0 Å². The molecule has 0 N–H and O–H groups in total. The van der Waals surface area contributed by atoms with Gasteiger partial charge in [-0.05, 0) is 50.0 Å². The predicted octanol–water partition coefficient (Wildman–Crippen LogP) is 3.33. The van der Waals surface area contributed by atoms with E-state index in [1.165, 1.54) is 5.56 Å². The molecule has 0 unspecified atom stereocenters. The van der Waals surface area contributed by atoms with Crippen molar-refractivity contribution in [2.45, 2.75) is 13.1 Å². The Morgan fingerprint density at radius 2 is 1.78 bits per heavy atom. The monoisotopic (exact) mass is 366 g/mol. The summed E-state index contributed by atoms with van der Waals surface area (Å²) in [5.74, 6) is 2.36. The van der Waals surface area contributed by atoms with Gasteiger partial charge in [0, 0.05) is 24.8 Å². The molecule has 0 aliphatic heterocycles. The maximum Gasteiger partial charge on any atom is 0.181 e. The zero-order valence-corrected chi connectivity index (χ0v) is 16.3. The van der Waals surface area contributed by atoms with Crippen LogP contribution in [0.5, 0.6) is 5.75 Å². The lowest BCUT2D eigenvalue weighted by Crippen LogP contribution is -2.11. The van der Waals surface area contributed by atoms with E-state index in [9.17, 15) is 0 Å². The van der Waals surface area contributed by atoms with Gasteiger partial charge in [0.25, 0.3) is 0 Å². The molecule has 0 saturated heterocycles. The van der Waals surface area contributed by atoms with E-state index in [-0.39, 0.29) is 0 Å². The second-order valence-electron chi connectivity index (χ2n) is 6.64. The molecule has 0 fully saturated rings. The summed E-state index contributed by atoms with van der Waals surface area (Å²) in [6, 6.07) is 16.2. The van der Waals surface area contributed by atoms with Crippen molar-refractivity contribution in [1.29, 1.82) is 0 Å². The predicted molar refractivity (Wildman–Crippen MR) is 107 cm³/mol. The van der Waals surface area contributed by atoms with Crippen LogP contribution in [0.4, 0.5) is 0 Å². The van der Waals surface area contributed by atoms with Gasteiger partial charge < -0.3 is 14.4 Å². The maximum absolute atomic E-state index is 5.25. The Balaban J connectivity index is 1.98. The summed E-state index contributed by atoms with van der Waals surface area (Å²) in [5, 5.41) is 4.71. The quantitative estimate of drug-likeness (QED) is 0.612. The average Bonchev–Trinajstić information content (AvgIpc) is 3.10. The first-order valence-electron chi connectivity index (χ1n) is 8.93. The van der Waals surface area contributed by atoms with E-state index in [0.29, 0.717) is 19.0 Å². The second kappa shape index (κ2) is 8.79. The molecule has 0 spiro atoms. The number of nitrogens with zero attached hydrogens (tertiary/aromatic N) is 4. The van der Waals surface area contributed by atoms with Crippen LogP contribution in [-0.2, 0) is 17.8 Å². The minimum Gasteiger partial charge on any atom is -0.497 e. The van der Waals surface area contributed by atoms with Crippen LogP contribution in [0.25, 0.3) is 22.8 Å². The zero-order chi connectivity index (χ0) is 19.2. The molecule has 0 amide bonds. The SMILES string of the molecule is COCCn1nc(-c2ccc(OC)cc2)nc1-c1cccc(CN(C)C)c1. The fourth-order valence-electron chi connectivity index (χ4n) is 2.93. The van der Waals surface area contributed by atoms with Gasteiger partial charge in [0.1, 0.15) is 5.75 Å². The lowest BCUT2D eigenvalue weighted by atomic mass is 10.1. The van der Waals surface area contributed by atoms with E-state index >= 15 is 0 Å². The molecule has 3 rings (SSSR count). The molecule has 27 heavy (non-hydrogen) atoms. The van der Waals surface area contributed by atoms with Crippen molar-refractivity contribution in [2.75, 3.05) is 34.9 Å². The van der Waals surface area contributed by atoms with Crippen molar-refractivity contribution < 1.29 is 9.47 Å². The van der Waals surface area contributed by atoms with Gasteiger partial charge in [-0.1, -0.05) is 18.2 Å². The molecule has 1 aromatic heterocycles. The van der Waals surface area contributed by atoms with E-state index in [0.717, 1.165) is 29.2 Å². The third kappa shape index (κ3) is 4.72. The number of hydrogen-bond acceptors (Lipinski definition) is 5. The van der Waals surface area contributed by atoms with Crippen LogP contribution in [0.3, 0.4) is 0 Å². The number of ether oxygens (including phenoxy) is 2. The number of hydrogen-bond donors (Lipinski definition) is 0. The average molecular weight is 366 g/mol. The zero-order valence-electron chi connectivity index (χ0n) is 16.3. The van der Waals surface area contributed by atoms with Gasteiger partial charge in [0.05, 0.1) is 20.3 Å². The number of methoxy groups -OCH3 is 2. The van der Waals surface area contributed by atoms with Crippen molar-refractivity contribution in [3.8, 4) is 28.5 Å². The molecule has 0 bridgehead atoms. The van der Waals surface area contributed by atoms with E-state index in [4.69, 9.17) is 19.6 Å². The van der Waals surface area contributed by atoms with Crippen molar-refractivity contribution in [2.24, 2.45) is 0 Å². The van der Waals surface area contributed by atoms with Crippen LogP contribution in [0.1, 0.15) is 5.56 Å². The second-order valence-corrected chi connectivity index (χ2v) is 6.64. The van der Waals surface area contributed by atoms with Gasteiger partial charge >= 0.3 is 0 Å². The summed E-state index contributed by atoms with van der Waals surface area (Å²) in [6.07, 6.45) is 0. The van der Waals surface area contributed by atoms with Crippen molar-refractivity contribution >= 4 is 0 Å². The van der Waals surface area contributed by atoms with Crippen LogP contribution < -0.4 is 4.74 Å². The number of benzene rings is 2. The smallest absolute Gasteiger partial charge is 0.181 e. The topological polar surface area (TPSA) is 52.4 Å².